The molecule has 21 heavy (non-hydrogen) atoms. The van der Waals surface area contributed by atoms with E-state index in [4.69, 9.17) is 26.8 Å². The van der Waals surface area contributed by atoms with E-state index in [0.717, 1.165) is 5.56 Å². The molecule has 0 unspecified atom stereocenters. The third-order valence-electron chi connectivity index (χ3n) is 3.09. The number of benzene rings is 2. The molecule has 0 radical (unpaired) electrons. The van der Waals surface area contributed by atoms with Gasteiger partial charge in [-0.3, -0.25) is 0 Å². The molecule has 2 aromatic rings. The van der Waals surface area contributed by atoms with Crippen molar-refractivity contribution in [3.8, 4) is 11.5 Å². The number of hydrogen-bond acceptors (Lipinski definition) is 3. The quantitative estimate of drug-likeness (QED) is 0.905. The Bertz CT molecular complexity index is 632. The zero-order valence-electron chi connectivity index (χ0n) is 11.9. The highest BCUT2D eigenvalue weighted by Crippen LogP contribution is 2.30. The zero-order valence-corrected chi connectivity index (χ0v) is 12.7. The van der Waals surface area contributed by atoms with E-state index in [-0.39, 0.29) is 17.7 Å². The largest absolute Gasteiger partial charge is 0.493 e. The molecular formula is C16H17ClFNO2. The van der Waals surface area contributed by atoms with Gasteiger partial charge < -0.3 is 15.2 Å². The van der Waals surface area contributed by atoms with Crippen LogP contribution in [-0.4, -0.2) is 7.11 Å². The first kappa shape index (κ1) is 15.6. The number of halogens is 2. The van der Waals surface area contributed by atoms with Crippen molar-refractivity contribution in [2.75, 3.05) is 7.11 Å². The maximum Gasteiger partial charge on any atom is 0.161 e. The Labute approximate surface area is 128 Å². The summed E-state index contributed by atoms with van der Waals surface area (Å²) < 4.78 is 24.3. The van der Waals surface area contributed by atoms with E-state index in [9.17, 15) is 4.39 Å². The summed E-state index contributed by atoms with van der Waals surface area (Å²) in [4.78, 5) is 0. The summed E-state index contributed by atoms with van der Waals surface area (Å²) in [5, 5.41) is 0.0950. The fourth-order valence-corrected chi connectivity index (χ4v) is 1.99. The van der Waals surface area contributed by atoms with Crippen molar-refractivity contribution >= 4 is 11.6 Å². The van der Waals surface area contributed by atoms with Gasteiger partial charge in [0, 0.05) is 6.04 Å². The van der Waals surface area contributed by atoms with Crippen LogP contribution in [0.5, 0.6) is 11.5 Å². The van der Waals surface area contributed by atoms with E-state index < -0.39 is 5.82 Å². The minimum atomic E-state index is -0.461. The molecule has 0 bridgehead atoms. The normalized spacial score (nSPS) is 12.0. The molecule has 0 amide bonds. The van der Waals surface area contributed by atoms with Gasteiger partial charge in [0.1, 0.15) is 12.4 Å². The van der Waals surface area contributed by atoms with E-state index in [1.165, 1.54) is 12.1 Å². The Balaban J connectivity index is 2.13. The molecule has 0 aromatic heterocycles. The van der Waals surface area contributed by atoms with Gasteiger partial charge >= 0.3 is 0 Å². The topological polar surface area (TPSA) is 44.5 Å². The minimum absolute atomic E-state index is 0.0849. The van der Waals surface area contributed by atoms with E-state index in [1.54, 1.807) is 19.2 Å². The molecule has 0 saturated heterocycles. The first-order valence-electron chi connectivity index (χ1n) is 6.51. The Morgan fingerprint density at radius 3 is 2.57 bits per heavy atom. The lowest BCUT2D eigenvalue weighted by molar-refractivity contribution is 0.284. The second-order valence-electron chi connectivity index (χ2n) is 4.74. The van der Waals surface area contributed by atoms with Crippen molar-refractivity contribution in [3.63, 3.8) is 0 Å². The molecular weight excluding hydrogens is 293 g/mol. The minimum Gasteiger partial charge on any atom is -0.493 e. The molecule has 0 heterocycles. The first-order chi connectivity index (χ1) is 10.0. The van der Waals surface area contributed by atoms with E-state index >= 15 is 0 Å². The van der Waals surface area contributed by atoms with Gasteiger partial charge in [-0.2, -0.15) is 0 Å². The average Bonchev–Trinajstić information content (AvgIpc) is 2.48. The number of hydrogen-bond donors (Lipinski definition) is 1. The molecule has 0 aliphatic heterocycles. The van der Waals surface area contributed by atoms with Crippen LogP contribution in [0.3, 0.4) is 0 Å². The highest BCUT2D eigenvalue weighted by atomic mass is 35.5. The number of rotatable bonds is 5. The third-order valence-corrected chi connectivity index (χ3v) is 3.40. The molecule has 112 valence electrons. The second-order valence-corrected chi connectivity index (χ2v) is 5.14. The van der Waals surface area contributed by atoms with Gasteiger partial charge in [0.2, 0.25) is 0 Å². The lowest BCUT2D eigenvalue weighted by Crippen LogP contribution is -2.05. The number of ether oxygens (including phenoxy) is 2. The standard InChI is InChI=1S/C16H17ClFNO2/c1-10(19)12-4-6-15(16(8-12)20-2)21-9-11-3-5-13(17)14(18)7-11/h3-8,10H,9,19H2,1-2H3/t10-/m0/s1. The fraction of sp³-hybridized carbons (Fsp3) is 0.250. The molecule has 0 fully saturated rings. The molecule has 1 atom stereocenters. The van der Waals surface area contributed by atoms with Crippen molar-refractivity contribution in [1.82, 2.24) is 0 Å². The summed E-state index contributed by atoms with van der Waals surface area (Å²) in [6.45, 7) is 2.12. The van der Waals surface area contributed by atoms with Gasteiger partial charge in [-0.15, -0.1) is 0 Å². The van der Waals surface area contributed by atoms with Gasteiger partial charge in [-0.25, -0.2) is 4.39 Å². The van der Waals surface area contributed by atoms with Crippen LogP contribution in [0.15, 0.2) is 36.4 Å². The van der Waals surface area contributed by atoms with Crippen LogP contribution in [0, 0.1) is 5.82 Å². The lowest BCUT2D eigenvalue weighted by atomic mass is 10.1. The van der Waals surface area contributed by atoms with Crippen LogP contribution in [0.4, 0.5) is 4.39 Å². The van der Waals surface area contributed by atoms with Crippen LogP contribution >= 0.6 is 11.6 Å². The molecule has 2 aromatic carbocycles. The first-order valence-corrected chi connectivity index (χ1v) is 6.89. The van der Waals surface area contributed by atoms with Crippen molar-refractivity contribution in [2.45, 2.75) is 19.6 Å². The maximum absolute atomic E-state index is 13.4. The van der Waals surface area contributed by atoms with Gasteiger partial charge in [0.15, 0.2) is 11.5 Å². The van der Waals surface area contributed by atoms with E-state index in [1.807, 2.05) is 19.1 Å². The SMILES string of the molecule is COc1cc([C@H](C)N)ccc1OCc1ccc(Cl)c(F)c1. The molecule has 0 aliphatic carbocycles. The monoisotopic (exact) mass is 309 g/mol. The smallest absolute Gasteiger partial charge is 0.161 e. The fourth-order valence-electron chi connectivity index (χ4n) is 1.88. The molecule has 0 spiro atoms. The second kappa shape index (κ2) is 6.78. The van der Waals surface area contributed by atoms with E-state index in [0.29, 0.717) is 17.1 Å². The molecule has 0 saturated carbocycles. The average molecular weight is 310 g/mol. The van der Waals surface area contributed by atoms with E-state index in [2.05, 4.69) is 0 Å². The van der Waals surface area contributed by atoms with Crippen molar-refractivity contribution in [2.24, 2.45) is 5.73 Å². The summed E-state index contributed by atoms with van der Waals surface area (Å²) in [5.41, 5.74) is 7.48. The highest BCUT2D eigenvalue weighted by molar-refractivity contribution is 6.30. The lowest BCUT2D eigenvalue weighted by Gasteiger charge is -2.13. The summed E-state index contributed by atoms with van der Waals surface area (Å²) in [5.74, 6) is 0.716. The van der Waals surface area contributed by atoms with Gasteiger partial charge in [-0.05, 0) is 42.3 Å². The summed E-state index contributed by atoms with van der Waals surface area (Å²) in [6.07, 6.45) is 0. The number of methoxy groups -OCH3 is 1. The summed E-state index contributed by atoms with van der Waals surface area (Å²) in [6, 6.07) is 10.0. The van der Waals surface area contributed by atoms with Gasteiger partial charge in [0.05, 0.1) is 12.1 Å². The molecule has 3 nitrogen and oxygen atoms in total. The Hall–Kier alpha value is -1.78. The summed E-state index contributed by atoms with van der Waals surface area (Å²) in [7, 11) is 1.56. The maximum atomic E-state index is 13.4. The Morgan fingerprint density at radius 2 is 1.95 bits per heavy atom. The van der Waals surface area contributed by atoms with Gasteiger partial charge in [0.25, 0.3) is 0 Å². The predicted molar refractivity (Wildman–Crippen MR) is 81.3 cm³/mol. The third kappa shape index (κ3) is 3.86. The van der Waals surface area contributed by atoms with Crippen molar-refractivity contribution in [3.05, 3.63) is 58.4 Å². The van der Waals surface area contributed by atoms with Crippen molar-refractivity contribution < 1.29 is 13.9 Å². The molecule has 5 heteroatoms. The van der Waals surface area contributed by atoms with Crippen LogP contribution in [0.1, 0.15) is 24.1 Å². The predicted octanol–water partition coefficient (Wildman–Crippen LogP) is 4.09. The molecule has 0 aliphatic rings. The Morgan fingerprint density at radius 1 is 1.19 bits per heavy atom. The van der Waals surface area contributed by atoms with Crippen LogP contribution in [-0.2, 0) is 6.61 Å². The Kier molecular flexibility index (Phi) is 5.04. The number of nitrogens with two attached hydrogens (primary N) is 1. The van der Waals surface area contributed by atoms with Crippen LogP contribution in [0.25, 0.3) is 0 Å². The van der Waals surface area contributed by atoms with Gasteiger partial charge in [-0.1, -0.05) is 23.7 Å². The highest BCUT2D eigenvalue weighted by Gasteiger charge is 2.09. The molecule has 2 rings (SSSR count). The van der Waals surface area contributed by atoms with Crippen molar-refractivity contribution in [1.29, 1.82) is 0 Å². The zero-order chi connectivity index (χ0) is 15.4. The van der Waals surface area contributed by atoms with Crippen LogP contribution in [0.2, 0.25) is 5.02 Å². The summed E-state index contributed by atoms with van der Waals surface area (Å²) >= 11 is 5.64. The molecule has 2 N–H and O–H groups in total. The van der Waals surface area contributed by atoms with Crippen LogP contribution < -0.4 is 15.2 Å².